The van der Waals surface area contributed by atoms with Crippen LogP contribution in [0.5, 0.6) is 0 Å². The van der Waals surface area contributed by atoms with Crippen molar-refractivity contribution in [1.82, 2.24) is 34.8 Å². The van der Waals surface area contributed by atoms with Gasteiger partial charge in [-0.25, -0.2) is 14.6 Å². The highest BCUT2D eigenvalue weighted by molar-refractivity contribution is 6.31. The van der Waals surface area contributed by atoms with Gasteiger partial charge in [0.2, 0.25) is 0 Å². The Hall–Kier alpha value is -3.94. The molecule has 15 heteroatoms. The molecule has 0 spiro atoms. The zero-order valence-electron chi connectivity index (χ0n) is 18.0. The first-order chi connectivity index (χ1) is 16.8. The Morgan fingerprint density at radius 3 is 2.39 bits per heavy atom. The summed E-state index contributed by atoms with van der Waals surface area (Å²) in [6.45, 7) is 1.53. The fourth-order valence-electron chi connectivity index (χ4n) is 3.21. The molecule has 1 aromatic carbocycles. The van der Waals surface area contributed by atoms with Gasteiger partial charge in [-0.2, -0.15) is 41.2 Å². The van der Waals surface area contributed by atoms with Gasteiger partial charge in [0.1, 0.15) is 6.33 Å². The number of amides is 1. The minimum atomic E-state index is -4.69. The second-order valence-electron chi connectivity index (χ2n) is 7.47. The van der Waals surface area contributed by atoms with E-state index in [2.05, 4.69) is 25.5 Å². The Balaban J connectivity index is 1.53. The van der Waals surface area contributed by atoms with E-state index in [1.165, 1.54) is 36.3 Å². The fourth-order valence-corrected chi connectivity index (χ4v) is 3.44. The molecule has 1 unspecified atom stereocenters. The highest BCUT2D eigenvalue weighted by Crippen LogP contribution is 2.32. The van der Waals surface area contributed by atoms with Crippen molar-refractivity contribution < 1.29 is 31.1 Å². The summed E-state index contributed by atoms with van der Waals surface area (Å²) in [5.41, 5.74) is -2.18. The number of carbonyl (C=O) groups excluding carboxylic acids is 1. The highest BCUT2D eigenvalue weighted by Gasteiger charge is 2.34. The van der Waals surface area contributed by atoms with Crippen molar-refractivity contribution in [1.29, 1.82) is 0 Å². The third kappa shape index (κ3) is 5.32. The minimum Gasteiger partial charge on any atom is -0.342 e. The van der Waals surface area contributed by atoms with Crippen LogP contribution in [0.1, 0.15) is 40.4 Å². The van der Waals surface area contributed by atoms with Gasteiger partial charge in [-0.05, 0) is 43.3 Å². The molecule has 188 valence electrons. The molecule has 0 fully saturated rings. The molecule has 0 bridgehead atoms. The first-order valence-corrected chi connectivity index (χ1v) is 10.4. The quantitative estimate of drug-likeness (QED) is 0.366. The van der Waals surface area contributed by atoms with Crippen LogP contribution < -0.4 is 5.32 Å². The predicted octanol–water partition coefficient (Wildman–Crippen LogP) is 5.03. The third-order valence-electron chi connectivity index (χ3n) is 4.89. The topological polar surface area (TPSA) is 90.5 Å². The lowest BCUT2D eigenvalue weighted by Gasteiger charge is -2.15. The number of carbonyl (C=O) groups is 1. The number of hydrogen-bond acceptors (Lipinski definition) is 5. The summed E-state index contributed by atoms with van der Waals surface area (Å²) >= 11 is 5.75. The van der Waals surface area contributed by atoms with Crippen LogP contribution >= 0.6 is 11.6 Å². The van der Waals surface area contributed by atoms with Gasteiger partial charge >= 0.3 is 12.4 Å². The number of pyridine rings is 1. The van der Waals surface area contributed by atoms with E-state index in [4.69, 9.17) is 11.6 Å². The average Bonchev–Trinajstić information content (AvgIpc) is 3.48. The largest absolute Gasteiger partial charge is 0.435 e. The molecule has 8 nitrogen and oxygen atoms in total. The molecule has 0 saturated carbocycles. The molecular formula is C21H14ClF6N7O. The predicted molar refractivity (Wildman–Crippen MR) is 114 cm³/mol. The van der Waals surface area contributed by atoms with Crippen LogP contribution in [0.25, 0.3) is 11.5 Å². The minimum absolute atomic E-state index is 0.195. The molecular weight excluding hydrogens is 516 g/mol. The van der Waals surface area contributed by atoms with Gasteiger partial charge in [-0.3, -0.25) is 4.79 Å². The number of rotatable bonds is 5. The monoisotopic (exact) mass is 529 g/mol. The summed E-state index contributed by atoms with van der Waals surface area (Å²) in [5, 5.41) is 9.78. The van der Waals surface area contributed by atoms with Crippen molar-refractivity contribution in [3.8, 4) is 11.5 Å². The summed E-state index contributed by atoms with van der Waals surface area (Å²) in [6.07, 6.45) is -5.69. The molecule has 0 aliphatic rings. The normalized spacial score (nSPS) is 13.0. The van der Waals surface area contributed by atoms with Crippen molar-refractivity contribution in [3.63, 3.8) is 0 Å². The van der Waals surface area contributed by atoms with Crippen molar-refractivity contribution in [2.24, 2.45) is 0 Å². The lowest BCUT2D eigenvalue weighted by atomic mass is 10.1. The number of benzene rings is 1. The van der Waals surface area contributed by atoms with Crippen molar-refractivity contribution in [2.45, 2.75) is 25.3 Å². The van der Waals surface area contributed by atoms with E-state index in [0.717, 1.165) is 23.0 Å². The Kier molecular flexibility index (Phi) is 6.47. The zero-order valence-corrected chi connectivity index (χ0v) is 18.8. The number of nitrogens with one attached hydrogen (secondary N) is 1. The summed E-state index contributed by atoms with van der Waals surface area (Å²) in [7, 11) is 0. The second-order valence-corrected chi connectivity index (χ2v) is 7.91. The maximum atomic E-state index is 13.1. The third-order valence-corrected chi connectivity index (χ3v) is 5.11. The summed E-state index contributed by atoms with van der Waals surface area (Å²) < 4.78 is 79.8. The molecule has 4 rings (SSSR count). The van der Waals surface area contributed by atoms with Gasteiger partial charge in [-0.1, -0.05) is 11.6 Å². The molecule has 1 atom stereocenters. The second kappa shape index (κ2) is 9.26. The number of nitrogens with zero attached hydrogens (tertiary/aromatic N) is 6. The Morgan fingerprint density at radius 1 is 1.03 bits per heavy atom. The van der Waals surface area contributed by atoms with Gasteiger partial charge in [0.25, 0.3) is 5.91 Å². The number of alkyl halides is 6. The molecule has 0 saturated heterocycles. The van der Waals surface area contributed by atoms with E-state index in [9.17, 15) is 31.1 Å². The van der Waals surface area contributed by atoms with Crippen LogP contribution in [0.4, 0.5) is 26.3 Å². The van der Waals surface area contributed by atoms with E-state index in [0.29, 0.717) is 12.1 Å². The van der Waals surface area contributed by atoms with Crippen LogP contribution in [0, 0.1) is 0 Å². The molecule has 0 radical (unpaired) electrons. The smallest absolute Gasteiger partial charge is 0.342 e. The van der Waals surface area contributed by atoms with Crippen LogP contribution in [0.15, 0.2) is 55.1 Å². The van der Waals surface area contributed by atoms with Gasteiger partial charge < -0.3 is 5.32 Å². The molecule has 1 amide bonds. The van der Waals surface area contributed by atoms with Crippen molar-refractivity contribution in [3.05, 3.63) is 82.8 Å². The van der Waals surface area contributed by atoms with E-state index in [1.807, 2.05) is 0 Å². The van der Waals surface area contributed by atoms with Crippen LogP contribution in [0.2, 0.25) is 5.02 Å². The van der Waals surface area contributed by atoms with Gasteiger partial charge in [-0.15, -0.1) is 0 Å². The van der Waals surface area contributed by atoms with E-state index >= 15 is 0 Å². The lowest BCUT2D eigenvalue weighted by molar-refractivity contribution is -0.141. The molecule has 3 aromatic heterocycles. The van der Waals surface area contributed by atoms with Gasteiger partial charge in [0.15, 0.2) is 17.3 Å². The molecule has 36 heavy (non-hydrogen) atoms. The molecule has 4 aromatic rings. The number of aromatic nitrogens is 6. The lowest BCUT2D eigenvalue weighted by Crippen LogP contribution is -2.29. The first-order valence-electron chi connectivity index (χ1n) is 10.0. The molecule has 0 aliphatic carbocycles. The Bertz CT molecular complexity index is 1390. The standard InChI is InChI=1S/C21H14ClF6N7O/c1-11(32-19(36)12-6-13(20(23,24)25)8-14(22)7-12)18-30-10-31-35(18)17-3-2-15(9-29-17)34-5-4-16(33-34)21(26,27)28/h2-11H,1H3,(H,32,36). The Morgan fingerprint density at radius 2 is 1.78 bits per heavy atom. The van der Waals surface area contributed by atoms with Crippen LogP contribution in [0.3, 0.4) is 0 Å². The van der Waals surface area contributed by atoms with Crippen molar-refractivity contribution >= 4 is 17.5 Å². The fraction of sp³-hybridized carbons (Fsp3) is 0.190. The van der Waals surface area contributed by atoms with E-state index < -0.39 is 35.6 Å². The molecule has 0 aliphatic heterocycles. The number of halogens is 7. The molecule has 3 heterocycles. The van der Waals surface area contributed by atoms with Crippen LogP contribution in [-0.2, 0) is 12.4 Å². The van der Waals surface area contributed by atoms with E-state index in [1.54, 1.807) is 0 Å². The van der Waals surface area contributed by atoms with Crippen molar-refractivity contribution in [2.75, 3.05) is 0 Å². The average molecular weight is 530 g/mol. The zero-order chi connectivity index (χ0) is 26.3. The maximum absolute atomic E-state index is 13.1. The SMILES string of the molecule is CC(NC(=O)c1cc(Cl)cc(C(F)(F)F)c1)c1ncnn1-c1ccc(-n2ccc(C(F)(F)F)n2)cn1. The van der Waals surface area contributed by atoms with E-state index in [-0.39, 0.29) is 27.9 Å². The summed E-state index contributed by atoms with van der Waals surface area (Å²) in [5.74, 6) is -0.412. The first kappa shape index (κ1) is 25.2. The Labute approximate surface area is 203 Å². The highest BCUT2D eigenvalue weighted by atomic mass is 35.5. The van der Waals surface area contributed by atoms with Crippen LogP contribution in [-0.4, -0.2) is 35.4 Å². The van der Waals surface area contributed by atoms with Gasteiger partial charge in [0.05, 0.1) is 23.5 Å². The summed E-state index contributed by atoms with van der Waals surface area (Å²) in [6, 6.07) is 5.39. The number of hydrogen-bond donors (Lipinski definition) is 1. The summed E-state index contributed by atoms with van der Waals surface area (Å²) in [4.78, 5) is 20.8. The maximum Gasteiger partial charge on any atom is 0.435 e. The van der Waals surface area contributed by atoms with Gasteiger partial charge in [0, 0.05) is 16.8 Å². The molecule has 1 N–H and O–H groups in total.